The largest absolute Gasteiger partial charge is 0.504 e. The van der Waals surface area contributed by atoms with Gasteiger partial charge in [-0.3, -0.25) is 4.79 Å². The summed E-state index contributed by atoms with van der Waals surface area (Å²) in [6.45, 7) is 0. The van der Waals surface area contributed by atoms with Crippen molar-refractivity contribution in [3.63, 3.8) is 0 Å². The molecule has 0 saturated heterocycles. The van der Waals surface area contributed by atoms with E-state index in [1.54, 1.807) is 24.3 Å². The summed E-state index contributed by atoms with van der Waals surface area (Å²) in [5.74, 6) is -1.35. The van der Waals surface area contributed by atoms with Crippen LogP contribution in [0.4, 0.5) is 5.82 Å². The molecule has 7 heteroatoms. The lowest BCUT2D eigenvalue weighted by atomic mass is 9.94. The number of phenolic OH excluding ortho intramolecular Hbond substituents is 2. The zero-order chi connectivity index (χ0) is 23.2. The summed E-state index contributed by atoms with van der Waals surface area (Å²) in [7, 11) is 0. The maximum atomic E-state index is 13.2. The standard InChI is InChI=1S/C26H20N2O5/c29-20-10-9-18(14-21(20)30)26(11-12-26)25(33)28-22-13-17-3-1-2-4-19(17)23(27-22)15-5-7-16(8-6-15)24(31)32/h1-10,13-14,29-30H,11-12H2,(H,31,32)(H,27,28,33). The molecule has 3 aromatic carbocycles. The molecule has 7 nitrogen and oxygen atoms in total. The molecule has 1 heterocycles. The molecular formula is C26H20N2O5. The zero-order valence-corrected chi connectivity index (χ0v) is 17.4. The second kappa shape index (κ2) is 7.63. The summed E-state index contributed by atoms with van der Waals surface area (Å²) in [6.07, 6.45) is 1.25. The Morgan fingerprint density at radius 3 is 2.27 bits per heavy atom. The number of amides is 1. The van der Waals surface area contributed by atoms with E-state index in [0.717, 1.165) is 16.3 Å². The summed E-state index contributed by atoms with van der Waals surface area (Å²) < 4.78 is 0. The van der Waals surface area contributed by atoms with Crippen molar-refractivity contribution in [1.82, 2.24) is 4.98 Å². The van der Waals surface area contributed by atoms with E-state index in [1.165, 1.54) is 24.3 Å². The van der Waals surface area contributed by atoms with Crippen LogP contribution < -0.4 is 5.32 Å². The van der Waals surface area contributed by atoms with E-state index in [4.69, 9.17) is 0 Å². The van der Waals surface area contributed by atoms with Crippen molar-refractivity contribution >= 4 is 28.5 Å². The Labute approximate surface area is 189 Å². The molecule has 0 radical (unpaired) electrons. The first-order valence-corrected chi connectivity index (χ1v) is 10.4. The summed E-state index contributed by atoms with van der Waals surface area (Å²) in [4.78, 5) is 29.1. The van der Waals surface area contributed by atoms with Crippen molar-refractivity contribution < 1.29 is 24.9 Å². The summed E-state index contributed by atoms with van der Waals surface area (Å²) in [5.41, 5.74) is 1.41. The number of hydrogen-bond donors (Lipinski definition) is 4. The van der Waals surface area contributed by atoms with Gasteiger partial charge in [0.1, 0.15) is 5.82 Å². The quantitative estimate of drug-likeness (QED) is 0.335. The van der Waals surface area contributed by atoms with Crippen LogP contribution in [0.2, 0.25) is 0 Å². The number of pyridine rings is 1. The van der Waals surface area contributed by atoms with Crippen LogP contribution in [-0.4, -0.2) is 32.2 Å². The molecule has 5 rings (SSSR count). The molecule has 0 atom stereocenters. The van der Waals surface area contributed by atoms with Crippen LogP contribution >= 0.6 is 0 Å². The number of carboxylic acids is 1. The van der Waals surface area contributed by atoms with Gasteiger partial charge in [-0.1, -0.05) is 42.5 Å². The fourth-order valence-electron chi connectivity index (χ4n) is 4.08. The highest BCUT2D eigenvalue weighted by Gasteiger charge is 2.51. The average molecular weight is 440 g/mol. The number of phenols is 2. The number of fused-ring (bicyclic) bond motifs is 1. The second-order valence-corrected chi connectivity index (χ2v) is 8.20. The normalized spacial score (nSPS) is 14.1. The summed E-state index contributed by atoms with van der Waals surface area (Å²) >= 11 is 0. The van der Waals surface area contributed by atoms with Gasteiger partial charge in [0.2, 0.25) is 5.91 Å². The Morgan fingerprint density at radius 2 is 1.61 bits per heavy atom. The average Bonchev–Trinajstić information content (AvgIpc) is 3.63. The first-order valence-electron chi connectivity index (χ1n) is 10.4. The van der Waals surface area contributed by atoms with E-state index < -0.39 is 11.4 Å². The number of carbonyl (C=O) groups is 2. The molecule has 1 aromatic heterocycles. The number of anilines is 1. The van der Waals surface area contributed by atoms with E-state index in [-0.39, 0.29) is 23.0 Å². The maximum Gasteiger partial charge on any atom is 0.335 e. The molecule has 0 bridgehead atoms. The van der Waals surface area contributed by atoms with Crippen LogP contribution in [-0.2, 0) is 10.2 Å². The minimum absolute atomic E-state index is 0.181. The Kier molecular flexibility index (Phi) is 4.74. The monoisotopic (exact) mass is 440 g/mol. The number of nitrogens with one attached hydrogen (secondary N) is 1. The van der Waals surface area contributed by atoms with Gasteiger partial charge in [-0.05, 0) is 54.1 Å². The minimum atomic E-state index is -1.00. The van der Waals surface area contributed by atoms with Crippen LogP contribution in [0.3, 0.4) is 0 Å². The van der Waals surface area contributed by atoms with Gasteiger partial charge >= 0.3 is 5.97 Å². The predicted molar refractivity (Wildman–Crippen MR) is 123 cm³/mol. The van der Waals surface area contributed by atoms with E-state index >= 15 is 0 Å². The molecule has 0 spiro atoms. The van der Waals surface area contributed by atoms with Gasteiger partial charge in [-0.15, -0.1) is 0 Å². The number of carbonyl (C=O) groups excluding carboxylic acids is 1. The van der Waals surface area contributed by atoms with Crippen LogP contribution in [0, 0.1) is 0 Å². The summed E-state index contributed by atoms with van der Waals surface area (Å²) in [5, 5.41) is 33.3. The Hall–Kier alpha value is -4.39. The van der Waals surface area contributed by atoms with Crippen LogP contribution in [0.25, 0.3) is 22.0 Å². The van der Waals surface area contributed by atoms with Gasteiger partial charge in [0.25, 0.3) is 0 Å². The molecule has 164 valence electrons. The number of benzene rings is 3. The van der Waals surface area contributed by atoms with Crippen molar-refractivity contribution in [3.05, 3.63) is 83.9 Å². The van der Waals surface area contributed by atoms with E-state index in [0.29, 0.717) is 29.9 Å². The number of aromatic carboxylic acids is 1. The lowest BCUT2D eigenvalue weighted by Crippen LogP contribution is -2.28. The Morgan fingerprint density at radius 1 is 0.879 bits per heavy atom. The third-order valence-corrected chi connectivity index (χ3v) is 6.10. The first kappa shape index (κ1) is 20.5. The highest BCUT2D eigenvalue weighted by atomic mass is 16.4. The number of aromatic nitrogens is 1. The SMILES string of the molecule is O=C(O)c1ccc(-c2nc(NC(=O)C3(c4ccc(O)c(O)c4)CC3)cc3ccccc23)cc1. The molecule has 1 saturated carbocycles. The van der Waals surface area contributed by atoms with Gasteiger partial charge in [-0.25, -0.2) is 9.78 Å². The third-order valence-electron chi connectivity index (χ3n) is 6.10. The fourth-order valence-corrected chi connectivity index (χ4v) is 4.08. The second-order valence-electron chi connectivity index (χ2n) is 8.20. The van der Waals surface area contributed by atoms with Crippen LogP contribution in [0.1, 0.15) is 28.8 Å². The minimum Gasteiger partial charge on any atom is -0.504 e. The van der Waals surface area contributed by atoms with Crippen molar-refractivity contribution in [2.75, 3.05) is 5.32 Å². The van der Waals surface area contributed by atoms with Crippen molar-refractivity contribution in [1.29, 1.82) is 0 Å². The number of nitrogens with zero attached hydrogens (tertiary/aromatic N) is 1. The van der Waals surface area contributed by atoms with E-state index in [1.807, 2.05) is 24.3 Å². The molecule has 1 amide bonds. The Balaban J connectivity index is 1.52. The number of rotatable bonds is 5. The van der Waals surface area contributed by atoms with Crippen molar-refractivity contribution in [2.45, 2.75) is 18.3 Å². The highest BCUT2D eigenvalue weighted by Crippen LogP contribution is 2.50. The van der Waals surface area contributed by atoms with Crippen molar-refractivity contribution in [2.24, 2.45) is 0 Å². The Bertz CT molecular complexity index is 1410. The third kappa shape index (κ3) is 3.63. The molecule has 33 heavy (non-hydrogen) atoms. The molecule has 1 fully saturated rings. The predicted octanol–water partition coefficient (Wildman–Crippen LogP) is 4.68. The van der Waals surface area contributed by atoms with Gasteiger partial charge in [0.05, 0.1) is 16.7 Å². The van der Waals surface area contributed by atoms with Crippen molar-refractivity contribution in [3.8, 4) is 22.8 Å². The highest BCUT2D eigenvalue weighted by molar-refractivity contribution is 6.03. The molecule has 0 unspecified atom stereocenters. The number of hydrogen-bond acceptors (Lipinski definition) is 5. The van der Waals surface area contributed by atoms with Gasteiger partial charge < -0.3 is 20.6 Å². The smallest absolute Gasteiger partial charge is 0.335 e. The lowest BCUT2D eigenvalue weighted by Gasteiger charge is -2.17. The van der Waals surface area contributed by atoms with Gasteiger partial charge in [0.15, 0.2) is 11.5 Å². The molecule has 1 aliphatic rings. The first-order chi connectivity index (χ1) is 15.9. The molecule has 4 N–H and O–H groups in total. The van der Waals surface area contributed by atoms with Gasteiger partial charge in [-0.2, -0.15) is 0 Å². The molecular weight excluding hydrogens is 420 g/mol. The van der Waals surface area contributed by atoms with Crippen LogP contribution in [0.15, 0.2) is 72.8 Å². The zero-order valence-electron chi connectivity index (χ0n) is 17.4. The molecule has 4 aromatic rings. The fraction of sp³-hybridized carbons (Fsp3) is 0.115. The topological polar surface area (TPSA) is 120 Å². The number of aromatic hydroxyl groups is 2. The van der Waals surface area contributed by atoms with Gasteiger partial charge in [0, 0.05) is 10.9 Å². The lowest BCUT2D eigenvalue weighted by molar-refractivity contribution is -0.118. The molecule has 0 aliphatic heterocycles. The van der Waals surface area contributed by atoms with E-state index in [9.17, 15) is 24.9 Å². The summed E-state index contributed by atoms with van der Waals surface area (Å²) in [6, 6.07) is 20.3. The maximum absolute atomic E-state index is 13.2. The van der Waals surface area contributed by atoms with E-state index in [2.05, 4.69) is 10.3 Å². The molecule has 1 aliphatic carbocycles. The number of carboxylic acid groups (broad SMARTS) is 1. The van der Waals surface area contributed by atoms with Crippen LogP contribution in [0.5, 0.6) is 11.5 Å².